The smallest absolute Gasteiger partial charge is 0.257 e. The molecular weight excluding hydrogens is 260 g/mol. The summed E-state index contributed by atoms with van der Waals surface area (Å²) in [5.74, 6) is 1.28. The van der Waals surface area contributed by atoms with E-state index in [9.17, 15) is 0 Å². The van der Waals surface area contributed by atoms with E-state index in [-0.39, 0.29) is 0 Å². The molecule has 21 heavy (non-hydrogen) atoms. The minimum absolute atomic E-state index is 0.929. The lowest BCUT2D eigenvalue weighted by atomic mass is 10.1. The van der Waals surface area contributed by atoms with Gasteiger partial charge in [-0.25, -0.2) is 14.1 Å². The van der Waals surface area contributed by atoms with Gasteiger partial charge in [-0.05, 0) is 23.8 Å². The zero-order chi connectivity index (χ0) is 14.1. The van der Waals surface area contributed by atoms with E-state index in [1.807, 2.05) is 12.3 Å². The third-order valence-corrected chi connectivity index (χ3v) is 4.65. The Labute approximate surface area is 121 Å². The van der Waals surface area contributed by atoms with Gasteiger partial charge in [-0.1, -0.05) is 18.2 Å². The fourth-order valence-corrected chi connectivity index (χ4v) is 3.78. The Morgan fingerprint density at radius 1 is 1.14 bits per heavy atom. The van der Waals surface area contributed by atoms with Gasteiger partial charge in [0.15, 0.2) is 0 Å². The number of aromatic nitrogens is 4. The number of nitrogens with zero attached hydrogens (tertiary/aromatic N) is 4. The topological polar surface area (TPSA) is 26.6 Å². The molecule has 1 aliphatic heterocycles. The van der Waals surface area contributed by atoms with Crippen molar-refractivity contribution < 1.29 is 4.57 Å². The number of imidazole rings is 1. The van der Waals surface area contributed by atoms with Gasteiger partial charge in [0.05, 0.1) is 26.2 Å². The van der Waals surface area contributed by atoms with Gasteiger partial charge in [0.2, 0.25) is 11.3 Å². The van der Waals surface area contributed by atoms with E-state index in [1.165, 1.54) is 33.6 Å². The molecule has 0 unspecified atom stereocenters. The SMILES string of the molecule is Cn1c2cccnc2c2c1[n+](C)c1n2Cc2ccccc2-1. The molecular formula is C17H15N4+. The second-order valence-corrected chi connectivity index (χ2v) is 5.73. The highest BCUT2D eigenvalue weighted by Crippen LogP contribution is 2.36. The largest absolute Gasteiger partial charge is 0.270 e. The first kappa shape index (κ1) is 11.1. The summed E-state index contributed by atoms with van der Waals surface area (Å²) < 4.78 is 6.93. The summed E-state index contributed by atoms with van der Waals surface area (Å²) in [4.78, 5) is 4.63. The Hall–Kier alpha value is -2.62. The van der Waals surface area contributed by atoms with Crippen molar-refractivity contribution in [3.8, 4) is 11.4 Å². The summed E-state index contributed by atoms with van der Waals surface area (Å²) in [5.41, 5.74) is 7.46. The van der Waals surface area contributed by atoms with Crippen LogP contribution in [0.3, 0.4) is 0 Å². The predicted molar refractivity (Wildman–Crippen MR) is 81.9 cm³/mol. The van der Waals surface area contributed by atoms with Gasteiger partial charge in [0.1, 0.15) is 11.0 Å². The summed E-state index contributed by atoms with van der Waals surface area (Å²) in [6, 6.07) is 12.8. The van der Waals surface area contributed by atoms with Crippen LogP contribution in [0.2, 0.25) is 0 Å². The fraction of sp³-hybridized carbons (Fsp3) is 0.176. The monoisotopic (exact) mass is 275 g/mol. The minimum Gasteiger partial charge on any atom is -0.257 e. The Balaban J connectivity index is 2.03. The van der Waals surface area contributed by atoms with Crippen LogP contribution in [0.4, 0.5) is 0 Å². The van der Waals surface area contributed by atoms with Gasteiger partial charge in [0.25, 0.3) is 5.65 Å². The van der Waals surface area contributed by atoms with Crippen molar-refractivity contribution in [3.05, 3.63) is 48.2 Å². The summed E-state index contributed by atoms with van der Waals surface area (Å²) in [5, 5.41) is 0. The van der Waals surface area contributed by atoms with Crippen molar-refractivity contribution >= 4 is 22.2 Å². The summed E-state index contributed by atoms with van der Waals surface area (Å²) >= 11 is 0. The maximum Gasteiger partial charge on any atom is 0.270 e. The first-order chi connectivity index (χ1) is 10.3. The van der Waals surface area contributed by atoms with Crippen LogP contribution in [0.25, 0.3) is 33.6 Å². The average Bonchev–Trinajstić information content (AvgIpc) is 3.11. The average molecular weight is 275 g/mol. The van der Waals surface area contributed by atoms with Gasteiger partial charge < -0.3 is 0 Å². The van der Waals surface area contributed by atoms with Crippen molar-refractivity contribution in [2.75, 3.05) is 0 Å². The zero-order valence-corrected chi connectivity index (χ0v) is 12.0. The number of hydrogen-bond donors (Lipinski definition) is 0. The van der Waals surface area contributed by atoms with Crippen LogP contribution in [0.1, 0.15) is 5.56 Å². The van der Waals surface area contributed by atoms with Gasteiger partial charge >= 0.3 is 0 Å². The highest BCUT2D eigenvalue weighted by Gasteiger charge is 2.34. The third-order valence-electron chi connectivity index (χ3n) is 4.65. The molecule has 0 saturated heterocycles. The van der Waals surface area contributed by atoms with Crippen LogP contribution < -0.4 is 4.57 Å². The number of rotatable bonds is 0. The van der Waals surface area contributed by atoms with E-state index in [0.717, 1.165) is 12.1 Å². The molecule has 0 bridgehead atoms. The van der Waals surface area contributed by atoms with Crippen LogP contribution in [-0.2, 0) is 20.6 Å². The molecule has 3 aromatic heterocycles. The molecule has 0 N–H and O–H groups in total. The maximum atomic E-state index is 4.63. The summed E-state index contributed by atoms with van der Waals surface area (Å²) in [7, 11) is 4.27. The highest BCUT2D eigenvalue weighted by atomic mass is 15.2. The van der Waals surface area contributed by atoms with Crippen molar-refractivity contribution in [2.45, 2.75) is 6.54 Å². The second kappa shape index (κ2) is 3.52. The molecule has 4 nitrogen and oxygen atoms in total. The molecule has 4 heterocycles. The highest BCUT2D eigenvalue weighted by molar-refractivity contribution is 6.02. The van der Waals surface area contributed by atoms with Crippen LogP contribution in [-0.4, -0.2) is 14.1 Å². The molecule has 102 valence electrons. The molecule has 0 aliphatic carbocycles. The van der Waals surface area contributed by atoms with E-state index in [1.54, 1.807) is 0 Å². The fourth-order valence-electron chi connectivity index (χ4n) is 3.78. The van der Waals surface area contributed by atoms with E-state index < -0.39 is 0 Å². The molecule has 4 aromatic rings. The van der Waals surface area contributed by atoms with Crippen LogP contribution in [0.15, 0.2) is 42.6 Å². The maximum absolute atomic E-state index is 4.63. The molecule has 0 amide bonds. The molecule has 0 fully saturated rings. The van der Waals surface area contributed by atoms with Gasteiger partial charge in [-0.2, -0.15) is 0 Å². The predicted octanol–water partition coefficient (Wildman–Crippen LogP) is 2.38. The number of benzene rings is 1. The molecule has 1 aromatic carbocycles. The Bertz CT molecular complexity index is 1040. The normalized spacial score (nSPS) is 13.0. The third kappa shape index (κ3) is 1.17. The van der Waals surface area contributed by atoms with Gasteiger partial charge in [-0.15, -0.1) is 0 Å². The van der Waals surface area contributed by atoms with E-state index in [2.05, 4.69) is 63.1 Å². The van der Waals surface area contributed by atoms with Gasteiger partial charge in [0, 0.05) is 6.20 Å². The molecule has 0 radical (unpaired) electrons. The lowest BCUT2D eigenvalue weighted by Gasteiger charge is -1.98. The lowest BCUT2D eigenvalue weighted by molar-refractivity contribution is -0.636. The molecule has 1 aliphatic rings. The molecule has 0 spiro atoms. The minimum atomic E-state index is 0.929. The molecule has 4 heteroatoms. The second-order valence-electron chi connectivity index (χ2n) is 5.73. The summed E-state index contributed by atoms with van der Waals surface area (Å²) in [6.07, 6.45) is 1.88. The molecule has 5 rings (SSSR count). The van der Waals surface area contributed by atoms with Crippen molar-refractivity contribution in [1.82, 2.24) is 14.1 Å². The quantitative estimate of drug-likeness (QED) is 0.399. The van der Waals surface area contributed by atoms with Crippen molar-refractivity contribution in [1.29, 1.82) is 0 Å². The van der Waals surface area contributed by atoms with E-state index in [4.69, 9.17) is 0 Å². The zero-order valence-electron chi connectivity index (χ0n) is 12.0. The Morgan fingerprint density at radius 2 is 2.00 bits per heavy atom. The van der Waals surface area contributed by atoms with E-state index in [0.29, 0.717) is 0 Å². The number of pyridine rings is 1. The standard InChI is InChI=1S/C17H15N4/c1-19-13-8-5-9-18-14(13)15-17(19)20(2)16-12-7-4-3-6-11(12)10-21(15)16/h3-9H,10H2,1-2H3/q+1. The van der Waals surface area contributed by atoms with Crippen molar-refractivity contribution in [2.24, 2.45) is 14.1 Å². The molecule has 0 atom stereocenters. The Morgan fingerprint density at radius 3 is 2.90 bits per heavy atom. The van der Waals surface area contributed by atoms with Crippen LogP contribution in [0.5, 0.6) is 0 Å². The van der Waals surface area contributed by atoms with E-state index >= 15 is 0 Å². The van der Waals surface area contributed by atoms with Crippen LogP contribution in [0, 0.1) is 0 Å². The first-order valence-corrected chi connectivity index (χ1v) is 7.17. The van der Waals surface area contributed by atoms with Gasteiger partial charge in [-0.3, -0.25) is 4.57 Å². The first-order valence-electron chi connectivity index (χ1n) is 7.17. The number of fused-ring (bicyclic) bond motifs is 7. The number of hydrogen-bond acceptors (Lipinski definition) is 1. The van der Waals surface area contributed by atoms with Crippen LogP contribution >= 0.6 is 0 Å². The summed E-state index contributed by atoms with van der Waals surface area (Å²) in [6.45, 7) is 0.929. The van der Waals surface area contributed by atoms with Crippen molar-refractivity contribution in [3.63, 3.8) is 0 Å². The number of aryl methyl sites for hydroxylation is 2. The Kier molecular flexibility index (Phi) is 1.86. The molecule has 0 saturated carbocycles. The lowest BCUT2D eigenvalue weighted by Crippen LogP contribution is -2.31.